The van der Waals surface area contributed by atoms with E-state index < -0.39 is 0 Å². The highest BCUT2D eigenvalue weighted by molar-refractivity contribution is 5.72. The molecule has 1 aliphatic rings. The highest BCUT2D eigenvalue weighted by Crippen LogP contribution is 2.07. The Labute approximate surface area is 120 Å². The highest BCUT2D eigenvalue weighted by atomic mass is 16.5. The van der Waals surface area contributed by atoms with Gasteiger partial charge in [-0.15, -0.1) is 0 Å². The van der Waals surface area contributed by atoms with Crippen molar-refractivity contribution in [2.24, 2.45) is 0 Å². The number of hydrogen-bond acceptors (Lipinski definition) is 5. The molecule has 2 N–H and O–H groups in total. The molecule has 1 aromatic carbocycles. The first-order chi connectivity index (χ1) is 9.63. The lowest BCUT2D eigenvalue weighted by Crippen LogP contribution is -2.45. The molecule has 110 valence electrons. The summed E-state index contributed by atoms with van der Waals surface area (Å²) >= 11 is 0. The fourth-order valence-corrected chi connectivity index (χ4v) is 2.21. The average Bonchev–Trinajstić information content (AvgIpc) is 2.44. The minimum atomic E-state index is -0.177. The molecule has 5 heteroatoms. The van der Waals surface area contributed by atoms with Crippen LogP contribution in [0.3, 0.4) is 0 Å². The van der Waals surface area contributed by atoms with E-state index >= 15 is 0 Å². The first-order valence-corrected chi connectivity index (χ1v) is 7.04. The van der Waals surface area contributed by atoms with E-state index in [0.717, 1.165) is 38.3 Å². The van der Waals surface area contributed by atoms with E-state index in [2.05, 4.69) is 16.8 Å². The number of nitrogens with zero attached hydrogens (tertiary/aromatic N) is 2. The summed E-state index contributed by atoms with van der Waals surface area (Å²) in [7, 11) is 2.13. The monoisotopic (exact) mass is 277 g/mol. The number of carbonyl (C=O) groups excluding carboxylic acids is 1. The van der Waals surface area contributed by atoms with Gasteiger partial charge >= 0.3 is 5.97 Å². The number of nitrogens with two attached hydrogens (primary N) is 1. The van der Waals surface area contributed by atoms with Gasteiger partial charge in [-0.3, -0.25) is 9.69 Å². The molecular formula is C15H23N3O2. The number of hydrogen-bond donors (Lipinski definition) is 1. The molecule has 0 aliphatic carbocycles. The number of likely N-dealkylation sites (N-methyl/N-ethyl adjacent to an activating group) is 1. The van der Waals surface area contributed by atoms with Crippen molar-refractivity contribution in [1.29, 1.82) is 0 Å². The third-order valence-electron chi connectivity index (χ3n) is 3.59. The molecule has 0 atom stereocenters. The van der Waals surface area contributed by atoms with E-state index in [1.54, 1.807) is 12.1 Å². The van der Waals surface area contributed by atoms with Crippen molar-refractivity contribution >= 4 is 11.7 Å². The van der Waals surface area contributed by atoms with Gasteiger partial charge in [0, 0.05) is 38.4 Å². The van der Waals surface area contributed by atoms with Crippen molar-refractivity contribution in [3.8, 4) is 0 Å². The van der Waals surface area contributed by atoms with Crippen LogP contribution in [0.15, 0.2) is 24.3 Å². The molecule has 5 nitrogen and oxygen atoms in total. The van der Waals surface area contributed by atoms with Gasteiger partial charge in [-0.05, 0) is 24.7 Å². The van der Waals surface area contributed by atoms with Crippen LogP contribution in [0.1, 0.15) is 5.56 Å². The molecule has 2 rings (SSSR count). The Morgan fingerprint density at radius 1 is 1.20 bits per heavy atom. The number of anilines is 1. The van der Waals surface area contributed by atoms with Crippen molar-refractivity contribution in [3.63, 3.8) is 0 Å². The molecule has 0 radical (unpaired) electrons. The number of ether oxygens (including phenoxy) is 1. The Hall–Kier alpha value is -1.59. The first kappa shape index (κ1) is 14.8. The second kappa shape index (κ2) is 7.26. The minimum absolute atomic E-state index is 0.177. The zero-order valence-electron chi connectivity index (χ0n) is 12.0. The van der Waals surface area contributed by atoms with Crippen molar-refractivity contribution in [1.82, 2.24) is 9.80 Å². The lowest BCUT2D eigenvalue weighted by molar-refractivity contribution is -0.143. The summed E-state index contributed by atoms with van der Waals surface area (Å²) in [5.41, 5.74) is 7.24. The summed E-state index contributed by atoms with van der Waals surface area (Å²) in [6.07, 6.45) is 0.309. The van der Waals surface area contributed by atoms with E-state index in [-0.39, 0.29) is 5.97 Å². The van der Waals surface area contributed by atoms with Gasteiger partial charge < -0.3 is 15.4 Å². The second-order valence-corrected chi connectivity index (χ2v) is 5.28. The van der Waals surface area contributed by atoms with Crippen LogP contribution in [0.25, 0.3) is 0 Å². The van der Waals surface area contributed by atoms with Crippen LogP contribution in [0.2, 0.25) is 0 Å². The third kappa shape index (κ3) is 4.83. The number of rotatable bonds is 5. The fourth-order valence-electron chi connectivity index (χ4n) is 2.21. The van der Waals surface area contributed by atoms with Crippen LogP contribution in [-0.2, 0) is 16.0 Å². The molecule has 0 aromatic heterocycles. The van der Waals surface area contributed by atoms with Gasteiger partial charge in [0.05, 0.1) is 6.42 Å². The summed E-state index contributed by atoms with van der Waals surface area (Å²) in [5.74, 6) is -0.177. The normalized spacial score (nSPS) is 17.1. The smallest absolute Gasteiger partial charge is 0.310 e. The van der Waals surface area contributed by atoms with E-state index in [9.17, 15) is 4.79 Å². The number of nitrogen functional groups attached to an aromatic ring is 1. The Morgan fingerprint density at radius 2 is 1.85 bits per heavy atom. The largest absolute Gasteiger partial charge is 0.464 e. The average molecular weight is 277 g/mol. The van der Waals surface area contributed by atoms with Crippen molar-refractivity contribution in [2.75, 3.05) is 52.1 Å². The number of carbonyl (C=O) groups is 1. The van der Waals surface area contributed by atoms with E-state index in [0.29, 0.717) is 18.7 Å². The lowest BCUT2D eigenvalue weighted by atomic mass is 10.1. The fraction of sp³-hybridized carbons (Fsp3) is 0.533. The van der Waals surface area contributed by atoms with E-state index in [4.69, 9.17) is 10.5 Å². The molecule has 0 saturated carbocycles. The predicted molar refractivity (Wildman–Crippen MR) is 79.5 cm³/mol. The Morgan fingerprint density at radius 3 is 2.50 bits per heavy atom. The summed E-state index contributed by atoms with van der Waals surface area (Å²) < 4.78 is 5.28. The van der Waals surface area contributed by atoms with Crippen molar-refractivity contribution in [3.05, 3.63) is 29.8 Å². The minimum Gasteiger partial charge on any atom is -0.464 e. The lowest BCUT2D eigenvalue weighted by Gasteiger charge is -2.32. The van der Waals surface area contributed by atoms with Gasteiger partial charge in [0.2, 0.25) is 0 Å². The summed E-state index contributed by atoms with van der Waals surface area (Å²) in [6.45, 7) is 5.55. The van der Waals surface area contributed by atoms with Crippen LogP contribution < -0.4 is 5.73 Å². The van der Waals surface area contributed by atoms with Crippen LogP contribution in [0.4, 0.5) is 5.69 Å². The zero-order chi connectivity index (χ0) is 14.4. The maximum Gasteiger partial charge on any atom is 0.310 e. The standard InChI is InChI=1S/C15H23N3O2/c1-17-6-8-18(9-7-17)10-11-20-15(19)12-13-2-4-14(16)5-3-13/h2-5H,6-12,16H2,1H3. The van der Waals surface area contributed by atoms with Crippen LogP contribution >= 0.6 is 0 Å². The van der Waals surface area contributed by atoms with Crippen molar-refractivity contribution < 1.29 is 9.53 Å². The SMILES string of the molecule is CN1CCN(CCOC(=O)Cc2ccc(N)cc2)CC1. The molecule has 1 aromatic rings. The molecule has 0 bridgehead atoms. The zero-order valence-corrected chi connectivity index (χ0v) is 12.0. The molecule has 1 saturated heterocycles. The molecular weight excluding hydrogens is 254 g/mol. The van der Waals surface area contributed by atoms with Gasteiger partial charge in [0.1, 0.15) is 6.61 Å². The Bertz CT molecular complexity index is 425. The summed E-state index contributed by atoms with van der Waals surface area (Å²) in [4.78, 5) is 16.3. The molecule has 0 amide bonds. The highest BCUT2D eigenvalue weighted by Gasteiger charge is 2.13. The summed E-state index contributed by atoms with van der Waals surface area (Å²) in [6, 6.07) is 7.31. The maximum absolute atomic E-state index is 11.7. The van der Waals surface area contributed by atoms with E-state index in [1.165, 1.54) is 0 Å². The third-order valence-corrected chi connectivity index (χ3v) is 3.59. The van der Waals surface area contributed by atoms with Crippen LogP contribution in [0, 0.1) is 0 Å². The van der Waals surface area contributed by atoms with E-state index in [1.807, 2.05) is 12.1 Å². The first-order valence-electron chi connectivity index (χ1n) is 7.04. The second-order valence-electron chi connectivity index (χ2n) is 5.28. The molecule has 1 fully saturated rings. The van der Waals surface area contributed by atoms with Crippen LogP contribution in [0.5, 0.6) is 0 Å². The number of piperazine rings is 1. The van der Waals surface area contributed by atoms with Gasteiger partial charge in [-0.25, -0.2) is 0 Å². The molecule has 1 aliphatic heterocycles. The molecule has 1 heterocycles. The van der Waals surface area contributed by atoms with Crippen molar-refractivity contribution in [2.45, 2.75) is 6.42 Å². The maximum atomic E-state index is 11.7. The quantitative estimate of drug-likeness (QED) is 0.631. The van der Waals surface area contributed by atoms with Gasteiger partial charge in [0.15, 0.2) is 0 Å². The summed E-state index contributed by atoms with van der Waals surface area (Å²) in [5, 5.41) is 0. The number of esters is 1. The molecule has 0 unspecified atom stereocenters. The van der Waals surface area contributed by atoms with Gasteiger partial charge in [-0.1, -0.05) is 12.1 Å². The Kier molecular flexibility index (Phi) is 5.38. The molecule has 20 heavy (non-hydrogen) atoms. The van der Waals surface area contributed by atoms with Crippen LogP contribution in [-0.4, -0.2) is 62.1 Å². The Balaban J connectivity index is 1.64. The molecule has 0 spiro atoms. The topological polar surface area (TPSA) is 58.8 Å². The predicted octanol–water partition coefficient (Wildman–Crippen LogP) is 0.602. The number of benzene rings is 1. The van der Waals surface area contributed by atoms with Gasteiger partial charge in [0.25, 0.3) is 0 Å². The van der Waals surface area contributed by atoms with Gasteiger partial charge in [-0.2, -0.15) is 0 Å².